The zero-order valence-corrected chi connectivity index (χ0v) is 6.91. The lowest BCUT2D eigenvalue weighted by Gasteiger charge is -2.01. The first kappa shape index (κ1) is 8.87. The van der Waals surface area contributed by atoms with Crippen LogP contribution in [0.5, 0.6) is 5.75 Å². The Balaban J connectivity index is 2.87. The predicted molar refractivity (Wildman–Crippen MR) is 44.2 cm³/mol. The molecule has 0 bridgehead atoms. The van der Waals surface area contributed by atoms with Crippen molar-refractivity contribution in [3.63, 3.8) is 0 Å². The quantitative estimate of drug-likeness (QED) is 0.565. The van der Waals surface area contributed by atoms with Gasteiger partial charge < -0.3 is 9.84 Å². The van der Waals surface area contributed by atoms with Crippen molar-refractivity contribution in [1.82, 2.24) is 0 Å². The lowest BCUT2D eigenvalue weighted by Crippen LogP contribution is -2.03. The summed E-state index contributed by atoms with van der Waals surface area (Å²) in [7, 11) is 0. The van der Waals surface area contributed by atoms with Crippen LogP contribution in [-0.2, 0) is 4.74 Å². The van der Waals surface area contributed by atoms with Gasteiger partial charge in [0.1, 0.15) is 11.3 Å². The highest BCUT2D eigenvalue weighted by Gasteiger charge is 2.10. The molecule has 0 fully saturated rings. The molecule has 0 aromatic heterocycles. The number of para-hydroxylation sites is 1. The minimum Gasteiger partial charge on any atom is -0.507 e. The number of phenols is 1. The Morgan fingerprint density at radius 1 is 1.50 bits per heavy atom. The monoisotopic (exact) mass is 186 g/mol. The molecule has 0 amide bonds. The summed E-state index contributed by atoms with van der Waals surface area (Å²) in [5.74, 6) is -0.726. The molecular formula is C8H7ClO3. The van der Waals surface area contributed by atoms with Crippen molar-refractivity contribution in [1.29, 1.82) is 0 Å². The molecule has 1 aromatic carbocycles. The minimum atomic E-state index is -0.622. The standard InChI is InChI=1S/C8H7ClO3/c9-5-12-8(11)6-3-1-2-4-7(6)10/h1-4,10H,5H2. The van der Waals surface area contributed by atoms with Crippen LogP contribution in [-0.4, -0.2) is 17.1 Å². The van der Waals surface area contributed by atoms with Gasteiger partial charge in [-0.1, -0.05) is 23.7 Å². The van der Waals surface area contributed by atoms with Gasteiger partial charge in [0, 0.05) is 0 Å². The Morgan fingerprint density at radius 2 is 2.17 bits per heavy atom. The van der Waals surface area contributed by atoms with Crippen molar-refractivity contribution < 1.29 is 14.6 Å². The third-order valence-electron chi connectivity index (χ3n) is 1.31. The van der Waals surface area contributed by atoms with E-state index in [1.54, 1.807) is 12.1 Å². The number of hydrogen-bond donors (Lipinski definition) is 1. The molecule has 0 heterocycles. The number of alkyl halides is 1. The fourth-order valence-corrected chi connectivity index (χ4v) is 0.873. The van der Waals surface area contributed by atoms with E-state index < -0.39 is 5.97 Å². The van der Waals surface area contributed by atoms with Gasteiger partial charge >= 0.3 is 5.97 Å². The van der Waals surface area contributed by atoms with Crippen LogP contribution in [0.25, 0.3) is 0 Å². The Bertz CT molecular complexity index is 285. The molecule has 0 aliphatic rings. The zero-order valence-electron chi connectivity index (χ0n) is 6.16. The fourth-order valence-electron chi connectivity index (χ4n) is 0.774. The summed E-state index contributed by atoms with van der Waals surface area (Å²) in [5, 5.41) is 9.16. The SMILES string of the molecule is O=C(OCCl)c1ccccc1O. The Morgan fingerprint density at radius 3 is 2.75 bits per heavy atom. The van der Waals surface area contributed by atoms with E-state index in [0.29, 0.717) is 0 Å². The predicted octanol–water partition coefficient (Wildman–Crippen LogP) is 1.75. The van der Waals surface area contributed by atoms with Crippen LogP contribution in [0.15, 0.2) is 24.3 Å². The summed E-state index contributed by atoms with van der Waals surface area (Å²) in [5.41, 5.74) is 0.123. The van der Waals surface area contributed by atoms with E-state index in [1.165, 1.54) is 12.1 Å². The number of carbonyl (C=O) groups excluding carboxylic acids is 1. The summed E-state index contributed by atoms with van der Waals surface area (Å²) >= 11 is 5.17. The van der Waals surface area contributed by atoms with Crippen LogP contribution >= 0.6 is 11.6 Å². The molecule has 12 heavy (non-hydrogen) atoms. The van der Waals surface area contributed by atoms with E-state index in [2.05, 4.69) is 4.74 Å². The molecule has 0 saturated carbocycles. The number of phenolic OH excluding ortho intramolecular Hbond substituents is 1. The number of hydrogen-bond acceptors (Lipinski definition) is 3. The highest BCUT2D eigenvalue weighted by atomic mass is 35.5. The lowest BCUT2D eigenvalue weighted by molar-refractivity contribution is 0.0571. The van der Waals surface area contributed by atoms with E-state index in [0.717, 1.165) is 0 Å². The van der Waals surface area contributed by atoms with Gasteiger partial charge in [-0.3, -0.25) is 0 Å². The fraction of sp³-hybridized carbons (Fsp3) is 0.125. The second-order valence-electron chi connectivity index (χ2n) is 2.06. The van der Waals surface area contributed by atoms with Crippen molar-refractivity contribution in [2.75, 3.05) is 6.07 Å². The minimum absolute atomic E-state index is 0.104. The maximum absolute atomic E-state index is 11.0. The highest BCUT2D eigenvalue weighted by Crippen LogP contribution is 2.16. The summed E-state index contributed by atoms with van der Waals surface area (Å²) in [6.07, 6.45) is 0. The number of rotatable bonds is 2. The summed E-state index contributed by atoms with van der Waals surface area (Å²) in [4.78, 5) is 11.0. The molecule has 1 aromatic rings. The van der Waals surface area contributed by atoms with Gasteiger partial charge in [0.2, 0.25) is 0 Å². The molecule has 0 aliphatic carbocycles. The van der Waals surface area contributed by atoms with Crippen molar-refractivity contribution in [3.05, 3.63) is 29.8 Å². The summed E-state index contributed by atoms with van der Waals surface area (Å²) < 4.78 is 4.48. The molecule has 1 rings (SSSR count). The Kier molecular flexibility index (Phi) is 2.94. The topological polar surface area (TPSA) is 46.5 Å². The van der Waals surface area contributed by atoms with Crippen molar-refractivity contribution in [2.24, 2.45) is 0 Å². The van der Waals surface area contributed by atoms with E-state index in [1.807, 2.05) is 0 Å². The van der Waals surface area contributed by atoms with Gasteiger partial charge in [-0.05, 0) is 12.1 Å². The van der Waals surface area contributed by atoms with Crippen LogP contribution in [0, 0.1) is 0 Å². The van der Waals surface area contributed by atoms with Gasteiger partial charge in [0.05, 0.1) is 0 Å². The smallest absolute Gasteiger partial charge is 0.343 e. The molecule has 64 valence electrons. The average molecular weight is 187 g/mol. The summed E-state index contributed by atoms with van der Waals surface area (Å²) in [6, 6.07) is 5.90. The Hall–Kier alpha value is -1.22. The number of ether oxygens (including phenoxy) is 1. The normalized spacial score (nSPS) is 9.42. The van der Waals surface area contributed by atoms with Crippen molar-refractivity contribution in [2.45, 2.75) is 0 Å². The van der Waals surface area contributed by atoms with E-state index in [9.17, 15) is 4.79 Å². The second kappa shape index (κ2) is 3.97. The average Bonchev–Trinajstić information content (AvgIpc) is 2.05. The maximum atomic E-state index is 11.0. The van der Waals surface area contributed by atoms with Gasteiger partial charge in [-0.25, -0.2) is 4.79 Å². The molecule has 0 radical (unpaired) electrons. The van der Waals surface area contributed by atoms with E-state index in [-0.39, 0.29) is 17.4 Å². The number of halogens is 1. The van der Waals surface area contributed by atoms with Crippen LogP contribution in [0.2, 0.25) is 0 Å². The Labute approximate surface area is 74.5 Å². The van der Waals surface area contributed by atoms with Gasteiger partial charge in [-0.2, -0.15) is 0 Å². The molecule has 3 nitrogen and oxygen atoms in total. The number of benzene rings is 1. The number of carbonyl (C=O) groups is 1. The van der Waals surface area contributed by atoms with Gasteiger partial charge in [0.15, 0.2) is 6.07 Å². The van der Waals surface area contributed by atoms with Crippen LogP contribution in [0.4, 0.5) is 0 Å². The molecule has 0 aliphatic heterocycles. The van der Waals surface area contributed by atoms with Crippen molar-refractivity contribution in [3.8, 4) is 5.75 Å². The number of aromatic hydroxyl groups is 1. The van der Waals surface area contributed by atoms with E-state index >= 15 is 0 Å². The molecule has 0 spiro atoms. The third kappa shape index (κ3) is 1.89. The molecule has 0 saturated heterocycles. The van der Waals surface area contributed by atoms with Gasteiger partial charge in [-0.15, -0.1) is 0 Å². The molecule has 4 heteroatoms. The first-order valence-corrected chi connectivity index (χ1v) is 3.80. The maximum Gasteiger partial charge on any atom is 0.343 e. The lowest BCUT2D eigenvalue weighted by atomic mass is 10.2. The molecule has 0 unspecified atom stereocenters. The van der Waals surface area contributed by atoms with Gasteiger partial charge in [0.25, 0.3) is 0 Å². The van der Waals surface area contributed by atoms with E-state index in [4.69, 9.17) is 16.7 Å². The largest absolute Gasteiger partial charge is 0.507 e. The summed E-state index contributed by atoms with van der Waals surface area (Å²) in [6.45, 7) is 0. The first-order chi connectivity index (χ1) is 5.75. The zero-order chi connectivity index (χ0) is 8.97. The molecular weight excluding hydrogens is 180 g/mol. The second-order valence-corrected chi connectivity index (χ2v) is 2.28. The van der Waals surface area contributed by atoms with Crippen LogP contribution in [0.1, 0.15) is 10.4 Å². The number of esters is 1. The molecule has 0 atom stereocenters. The molecule has 1 N–H and O–H groups in total. The van der Waals surface area contributed by atoms with Crippen molar-refractivity contribution >= 4 is 17.6 Å². The van der Waals surface area contributed by atoms with Crippen LogP contribution in [0.3, 0.4) is 0 Å². The van der Waals surface area contributed by atoms with Crippen LogP contribution < -0.4 is 0 Å². The third-order valence-corrected chi connectivity index (χ3v) is 1.42. The highest BCUT2D eigenvalue weighted by molar-refractivity contribution is 6.17. The first-order valence-electron chi connectivity index (χ1n) is 3.27.